The number of ether oxygens (including phenoxy) is 1. The zero-order valence-corrected chi connectivity index (χ0v) is 15.2. The molecular weight excluding hydrogens is 343 g/mol. The van der Waals surface area contributed by atoms with Crippen LogP contribution in [0, 0.1) is 5.82 Å². The Kier molecular flexibility index (Phi) is 4.87. The number of piperazine rings is 1. The molecule has 0 unspecified atom stereocenters. The lowest BCUT2D eigenvalue weighted by Crippen LogP contribution is -2.46. The number of aromatic nitrogens is 2. The highest BCUT2D eigenvalue weighted by Crippen LogP contribution is 2.25. The van der Waals surface area contributed by atoms with Crippen LogP contribution in [0.25, 0.3) is 11.3 Å². The molecule has 0 saturated carbocycles. The Bertz CT molecular complexity index is 908. The first-order chi connectivity index (χ1) is 13.2. The van der Waals surface area contributed by atoms with Crippen molar-refractivity contribution in [1.29, 1.82) is 0 Å². The highest BCUT2D eigenvalue weighted by atomic mass is 19.1. The van der Waals surface area contributed by atoms with Gasteiger partial charge in [-0.1, -0.05) is 12.1 Å². The van der Waals surface area contributed by atoms with Crippen LogP contribution in [-0.2, 0) is 0 Å². The molecule has 0 radical (unpaired) electrons. The van der Waals surface area contributed by atoms with Crippen LogP contribution in [0.3, 0.4) is 0 Å². The molecule has 0 aliphatic carbocycles. The highest BCUT2D eigenvalue weighted by molar-refractivity contribution is 5.63. The Hall–Kier alpha value is -3.15. The number of methoxy groups -OCH3 is 1. The molecule has 1 aliphatic rings. The maximum Gasteiger partial charge on any atom is 0.132 e. The van der Waals surface area contributed by atoms with E-state index in [2.05, 4.69) is 31.9 Å². The number of anilines is 2. The van der Waals surface area contributed by atoms with E-state index < -0.39 is 0 Å². The monoisotopic (exact) mass is 364 g/mol. The lowest BCUT2D eigenvalue weighted by Gasteiger charge is -2.36. The minimum atomic E-state index is -0.272. The second kappa shape index (κ2) is 7.61. The molecule has 2 aromatic carbocycles. The summed E-state index contributed by atoms with van der Waals surface area (Å²) < 4.78 is 19.3. The van der Waals surface area contributed by atoms with E-state index in [9.17, 15) is 4.39 Å². The largest absolute Gasteiger partial charge is 0.497 e. The Balaban J connectivity index is 1.46. The van der Waals surface area contributed by atoms with Crippen LogP contribution in [0.4, 0.5) is 15.9 Å². The van der Waals surface area contributed by atoms with Gasteiger partial charge in [-0.25, -0.2) is 14.4 Å². The molecule has 0 N–H and O–H groups in total. The molecule has 27 heavy (non-hydrogen) atoms. The zero-order valence-electron chi connectivity index (χ0n) is 15.2. The van der Waals surface area contributed by atoms with Crippen LogP contribution < -0.4 is 14.5 Å². The van der Waals surface area contributed by atoms with Gasteiger partial charge < -0.3 is 14.5 Å². The summed E-state index contributed by atoms with van der Waals surface area (Å²) in [6.45, 7) is 3.48. The molecule has 1 aromatic heterocycles. The van der Waals surface area contributed by atoms with Gasteiger partial charge in [-0.15, -0.1) is 0 Å². The fourth-order valence-corrected chi connectivity index (χ4v) is 3.32. The van der Waals surface area contributed by atoms with E-state index >= 15 is 0 Å². The molecule has 1 fully saturated rings. The third-order valence-corrected chi connectivity index (χ3v) is 4.84. The maximum absolute atomic E-state index is 14.1. The maximum atomic E-state index is 14.1. The fraction of sp³-hybridized carbons (Fsp3) is 0.238. The summed E-state index contributed by atoms with van der Waals surface area (Å²) in [5, 5.41) is 0. The van der Waals surface area contributed by atoms with Crippen molar-refractivity contribution < 1.29 is 9.13 Å². The quantitative estimate of drug-likeness (QED) is 0.707. The summed E-state index contributed by atoms with van der Waals surface area (Å²) in [5.41, 5.74) is 2.29. The van der Waals surface area contributed by atoms with E-state index in [1.54, 1.807) is 19.2 Å². The molecule has 1 aliphatic heterocycles. The first-order valence-corrected chi connectivity index (χ1v) is 8.95. The average molecular weight is 364 g/mol. The average Bonchev–Trinajstić information content (AvgIpc) is 2.74. The highest BCUT2D eigenvalue weighted by Gasteiger charge is 2.19. The lowest BCUT2D eigenvalue weighted by molar-refractivity contribution is 0.415. The summed E-state index contributed by atoms with van der Waals surface area (Å²) in [6, 6.07) is 16.7. The second-order valence-electron chi connectivity index (χ2n) is 6.41. The molecule has 0 bridgehead atoms. The van der Waals surface area contributed by atoms with Crippen LogP contribution in [0.5, 0.6) is 5.75 Å². The van der Waals surface area contributed by atoms with Gasteiger partial charge in [-0.05, 0) is 36.4 Å². The minimum Gasteiger partial charge on any atom is -0.497 e. The molecule has 6 heteroatoms. The molecule has 0 amide bonds. The van der Waals surface area contributed by atoms with Crippen molar-refractivity contribution in [3.05, 3.63) is 66.7 Å². The van der Waals surface area contributed by atoms with Crippen molar-refractivity contribution in [2.45, 2.75) is 0 Å². The number of halogens is 1. The number of benzene rings is 2. The predicted molar refractivity (Wildman–Crippen MR) is 105 cm³/mol. The van der Waals surface area contributed by atoms with Crippen LogP contribution in [0.2, 0.25) is 0 Å². The van der Waals surface area contributed by atoms with Crippen molar-refractivity contribution in [2.24, 2.45) is 0 Å². The summed E-state index contributed by atoms with van der Waals surface area (Å²) >= 11 is 0. The molecule has 138 valence electrons. The van der Waals surface area contributed by atoms with Gasteiger partial charge in [-0.3, -0.25) is 0 Å². The van der Waals surface area contributed by atoms with E-state index in [1.165, 1.54) is 18.1 Å². The number of rotatable bonds is 4. The van der Waals surface area contributed by atoms with Gasteiger partial charge >= 0.3 is 0 Å². The summed E-state index contributed by atoms with van der Waals surface area (Å²) in [4.78, 5) is 13.2. The van der Waals surface area contributed by atoms with Crippen LogP contribution in [0.15, 0.2) is 60.9 Å². The molecule has 5 nitrogen and oxygen atoms in total. The van der Waals surface area contributed by atoms with Gasteiger partial charge in [0, 0.05) is 43.5 Å². The molecule has 0 spiro atoms. The molecule has 4 rings (SSSR count). The predicted octanol–water partition coefficient (Wildman–Crippen LogP) is 3.62. The topological polar surface area (TPSA) is 41.5 Å². The van der Waals surface area contributed by atoms with Gasteiger partial charge in [0.15, 0.2) is 0 Å². The van der Waals surface area contributed by atoms with Crippen molar-refractivity contribution in [1.82, 2.24) is 9.97 Å². The van der Waals surface area contributed by atoms with Crippen molar-refractivity contribution in [3.63, 3.8) is 0 Å². The SMILES string of the molecule is COc1ccc(N2CCN(c3cc(-c4ccccc4F)ncn3)CC2)cc1. The van der Waals surface area contributed by atoms with E-state index in [0.29, 0.717) is 11.3 Å². The number of hydrogen-bond donors (Lipinski definition) is 0. The Morgan fingerprint density at radius 1 is 0.889 bits per heavy atom. The summed E-state index contributed by atoms with van der Waals surface area (Å²) in [6.07, 6.45) is 1.51. The van der Waals surface area contributed by atoms with E-state index in [4.69, 9.17) is 4.74 Å². The Labute approximate surface area is 158 Å². The molecular formula is C21H21FN4O. The van der Waals surface area contributed by atoms with E-state index in [0.717, 1.165) is 37.7 Å². The minimum absolute atomic E-state index is 0.272. The van der Waals surface area contributed by atoms with Crippen molar-refractivity contribution in [2.75, 3.05) is 43.1 Å². The first kappa shape index (κ1) is 17.3. The van der Waals surface area contributed by atoms with Gasteiger partial charge in [0.25, 0.3) is 0 Å². The van der Waals surface area contributed by atoms with Crippen LogP contribution >= 0.6 is 0 Å². The van der Waals surface area contributed by atoms with Crippen molar-refractivity contribution in [3.8, 4) is 17.0 Å². The molecule has 3 aromatic rings. The van der Waals surface area contributed by atoms with E-state index in [1.807, 2.05) is 24.3 Å². The van der Waals surface area contributed by atoms with Gasteiger partial charge in [0.1, 0.15) is 23.7 Å². The standard InChI is InChI=1S/C21H21FN4O/c1-27-17-8-6-16(7-9-17)25-10-12-26(13-11-25)21-14-20(23-15-24-21)18-4-2-3-5-19(18)22/h2-9,14-15H,10-13H2,1H3. The van der Waals surface area contributed by atoms with Crippen LogP contribution in [-0.4, -0.2) is 43.3 Å². The van der Waals surface area contributed by atoms with Gasteiger partial charge in [0.2, 0.25) is 0 Å². The Morgan fingerprint density at radius 3 is 2.30 bits per heavy atom. The Morgan fingerprint density at radius 2 is 1.59 bits per heavy atom. The van der Waals surface area contributed by atoms with Crippen LogP contribution in [0.1, 0.15) is 0 Å². The van der Waals surface area contributed by atoms with Gasteiger partial charge in [0.05, 0.1) is 12.8 Å². The normalized spacial score (nSPS) is 14.3. The number of hydrogen-bond acceptors (Lipinski definition) is 5. The first-order valence-electron chi connectivity index (χ1n) is 8.95. The number of nitrogens with zero attached hydrogens (tertiary/aromatic N) is 4. The summed E-state index contributed by atoms with van der Waals surface area (Å²) in [7, 11) is 1.67. The molecule has 0 atom stereocenters. The lowest BCUT2D eigenvalue weighted by atomic mass is 10.1. The van der Waals surface area contributed by atoms with E-state index in [-0.39, 0.29) is 5.82 Å². The summed E-state index contributed by atoms with van der Waals surface area (Å²) in [5.74, 6) is 1.42. The second-order valence-corrected chi connectivity index (χ2v) is 6.41. The third-order valence-electron chi connectivity index (χ3n) is 4.84. The van der Waals surface area contributed by atoms with Crippen molar-refractivity contribution >= 4 is 11.5 Å². The molecule has 2 heterocycles. The van der Waals surface area contributed by atoms with Gasteiger partial charge in [-0.2, -0.15) is 0 Å². The zero-order chi connectivity index (χ0) is 18.6. The third kappa shape index (κ3) is 3.69. The molecule has 1 saturated heterocycles. The smallest absolute Gasteiger partial charge is 0.132 e. The fourth-order valence-electron chi connectivity index (χ4n) is 3.32.